The molecule has 2 aromatic rings. The highest BCUT2D eigenvalue weighted by Crippen LogP contribution is 2.23. The van der Waals surface area contributed by atoms with Crippen molar-refractivity contribution in [2.24, 2.45) is 0 Å². The molecular formula is C10H12N4O. The average molecular weight is 204 g/mol. The molecule has 0 atom stereocenters. The van der Waals surface area contributed by atoms with E-state index in [9.17, 15) is 0 Å². The van der Waals surface area contributed by atoms with Crippen molar-refractivity contribution in [1.29, 1.82) is 0 Å². The van der Waals surface area contributed by atoms with Gasteiger partial charge in [-0.3, -0.25) is 0 Å². The minimum Gasteiger partial charge on any atom is -0.367 e. The lowest BCUT2D eigenvalue weighted by molar-refractivity contribution is 0.315. The van der Waals surface area contributed by atoms with Crippen LogP contribution in [0.4, 0.5) is 5.69 Å². The number of hydrogen-bond donors (Lipinski definition) is 1. The molecule has 1 aliphatic heterocycles. The summed E-state index contributed by atoms with van der Waals surface area (Å²) in [5.74, 6) is 0. The minimum absolute atomic E-state index is 0.825. The fourth-order valence-electron chi connectivity index (χ4n) is 1.95. The van der Waals surface area contributed by atoms with E-state index in [1.807, 2.05) is 12.1 Å². The van der Waals surface area contributed by atoms with E-state index < -0.39 is 0 Å². The average Bonchev–Trinajstić information content (AvgIpc) is 2.78. The van der Waals surface area contributed by atoms with Crippen molar-refractivity contribution < 1.29 is 4.63 Å². The molecule has 1 aliphatic rings. The van der Waals surface area contributed by atoms with Gasteiger partial charge in [-0.15, -0.1) is 0 Å². The maximum Gasteiger partial charge on any atom is 0.158 e. The SMILES string of the molecule is c1cc(N2CCNCC2)c2nonc2c1. The van der Waals surface area contributed by atoms with Gasteiger partial charge in [0.25, 0.3) is 0 Å². The van der Waals surface area contributed by atoms with E-state index in [0.717, 1.165) is 42.9 Å². The van der Waals surface area contributed by atoms with E-state index in [-0.39, 0.29) is 0 Å². The van der Waals surface area contributed by atoms with E-state index >= 15 is 0 Å². The molecule has 0 saturated carbocycles. The summed E-state index contributed by atoms with van der Waals surface area (Å²) < 4.78 is 4.75. The number of rotatable bonds is 1. The summed E-state index contributed by atoms with van der Waals surface area (Å²) in [4.78, 5) is 2.31. The van der Waals surface area contributed by atoms with Crippen molar-refractivity contribution in [1.82, 2.24) is 15.6 Å². The third-order valence-electron chi connectivity index (χ3n) is 2.72. The molecule has 1 N–H and O–H groups in total. The number of piperazine rings is 1. The minimum atomic E-state index is 0.825. The third kappa shape index (κ3) is 1.45. The van der Waals surface area contributed by atoms with Gasteiger partial charge in [-0.25, -0.2) is 4.63 Å². The number of anilines is 1. The van der Waals surface area contributed by atoms with Gasteiger partial charge in [0.15, 0.2) is 5.52 Å². The molecule has 1 aromatic heterocycles. The second-order valence-electron chi connectivity index (χ2n) is 3.65. The van der Waals surface area contributed by atoms with Gasteiger partial charge in [-0.1, -0.05) is 6.07 Å². The number of nitrogens with one attached hydrogen (secondary N) is 1. The van der Waals surface area contributed by atoms with E-state index in [1.54, 1.807) is 0 Å². The molecule has 5 nitrogen and oxygen atoms in total. The highest BCUT2D eigenvalue weighted by molar-refractivity contribution is 5.87. The van der Waals surface area contributed by atoms with Crippen LogP contribution in [0.25, 0.3) is 11.0 Å². The first-order chi connectivity index (χ1) is 7.45. The third-order valence-corrected chi connectivity index (χ3v) is 2.72. The van der Waals surface area contributed by atoms with Gasteiger partial charge < -0.3 is 10.2 Å². The number of nitrogens with zero attached hydrogens (tertiary/aromatic N) is 3. The van der Waals surface area contributed by atoms with E-state index in [1.165, 1.54) is 0 Å². The van der Waals surface area contributed by atoms with Crippen LogP contribution in [0.2, 0.25) is 0 Å². The predicted molar refractivity (Wildman–Crippen MR) is 56.9 cm³/mol. The first-order valence-electron chi connectivity index (χ1n) is 5.12. The molecule has 1 fully saturated rings. The molecular weight excluding hydrogens is 192 g/mol. The van der Waals surface area contributed by atoms with Crippen LogP contribution in [-0.2, 0) is 0 Å². The molecule has 3 rings (SSSR count). The second kappa shape index (κ2) is 3.51. The topological polar surface area (TPSA) is 54.2 Å². The Labute approximate surface area is 87.0 Å². The molecule has 0 amide bonds. The molecule has 0 bridgehead atoms. The lowest BCUT2D eigenvalue weighted by atomic mass is 10.2. The van der Waals surface area contributed by atoms with Crippen molar-refractivity contribution in [2.75, 3.05) is 31.1 Å². The Balaban J connectivity index is 2.05. The number of fused-ring (bicyclic) bond motifs is 1. The zero-order valence-corrected chi connectivity index (χ0v) is 8.31. The van der Waals surface area contributed by atoms with E-state index in [4.69, 9.17) is 4.63 Å². The van der Waals surface area contributed by atoms with Crippen LogP contribution in [0, 0.1) is 0 Å². The van der Waals surface area contributed by atoms with Crippen molar-refractivity contribution in [3.8, 4) is 0 Å². The second-order valence-corrected chi connectivity index (χ2v) is 3.65. The van der Waals surface area contributed by atoms with E-state index in [2.05, 4.69) is 26.6 Å². The molecule has 2 heterocycles. The highest BCUT2D eigenvalue weighted by Gasteiger charge is 2.15. The smallest absolute Gasteiger partial charge is 0.158 e. The standard InChI is InChI=1S/C10H12N4O/c1-2-8-10(13-15-12-8)9(3-1)14-6-4-11-5-7-14/h1-3,11H,4-7H2. The molecule has 1 aromatic carbocycles. The molecule has 0 spiro atoms. The molecule has 0 aliphatic carbocycles. The number of benzene rings is 1. The molecule has 1 saturated heterocycles. The largest absolute Gasteiger partial charge is 0.367 e. The predicted octanol–water partition coefficient (Wildman–Crippen LogP) is 0.632. The molecule has 15 heavy (non-hydrogen) atoms. The Kier molecular flexibility index (Phi) is 2.03. The normalized spacial score (nSPS) is 17.2. The van der Waals surface area contributed by atoms with Crippen LogP contribution >= 0.6 is 0 Å². The Morgan fingerprint density at radius 2 is 2.07 bits per heavy atom. The summed E-state index contributed by atoms with van der Waals surface area (Å²) in [6, 6.07) is 5.97. The molecule has 78 valence electrons. The summed E-state index contributed by atoms with van der Waals surface area (Å²) in [6.07, 6.45) is 0. The zero-order valence-electron chi connectivity index (χ0n) is 8.31. The van der Waals surface area contributed by atoms with Crippen LogP contribution in [0.1, 0.15) is 0 Å². The molecule has 5 heteroatoms. The van der Waals surface area contributed by atoms with Crippen molar-refractivity contribution in [3.05, 3.63) is 18.2 Å². The summed E-state index contributed by atoms with van der Waals surface area (Å²) in [5.41, 5.74) is 2.81. The van der Waals surface area contributed by atoms with Gasteiger partial charge in [0.05, 0.1) is 5.69 Å². The molecule has 0 unspecified atom stereocenters. The maximum atomic E-state index is 4.75. The van der Waals surface area contributed by atoms with Gasteiger partial charge in [0.2, 0.25) is 0 Å². The quantitative estimate of drug-likeness (QED) is 0.738. The first kappa shape index (κ1) is 8.67. The lowest BCUT2D eigenvalue weighted by Crippen LogP contribution is -2.43. The molecule has 0 radical (unpaired) electrons. The fourth-order valence-corrected chi connectivity index (χ4v) is 1.95. The summed E-state index contributed by atoms with van der Waals surface area (Å²) in [5, 5.41) is 11.1. The number of hydrogen-bond acceptors (Lipinski definition) is 5. The van der Waals surface area contributed by atoms with Crippen LogP contribution in [0.5, 0.6) is 0 Å². The first-order valence-corrected chi connectivity index (χ1v) is 5.12. The Hall–Kier alpha value is -1.62. The highest BCUT2D eigenvalue weighted by atomic mass is 16.6. The van der Waals surface area contributed by atoms with Crippen molar-refractivity contribution in [3.63, 3.8) is 0 Å². The van der Waals surface area contributed by atoms with Crippen LogP contribution in [0.3, 0.4) is 0 Å². The Bertz CT molecular complexity index is 461. The van der Waals surface area contributed by atoms with Gasteiger partial charge in [-0.2, -0.15) is 0 Å². The van der Waals surface area contributed by atoms with Crippen molar-refractivity contribution in [2.45, 2.75) is 0 Å². The van der Waals surface area contributed by atoms with Crippen molar-refractivity contribution >= 4 is 16.7 Å². The van der Waals surface area contributed by atoms with Gasteiger partial charge in [0, 0.05) is 26.2 Å². The Morgan fingerprint density at radius 1 is 1.20 bits per heavy atom. The zero-order chi connectivity index (χ0) is 10.1. The Morgan fingerprint density at radius 3 is 2.93 bits per heavy atom. The van der Waals surface area contributed by atoms with Gasteiger partial charge in [-0.05, 0) is 22.4 Å². The van der Waals surface area contributed by atoms with Gasteiger partial charge in [0.1, 0.15) is 5.52 Å². The summed E-state index contributed by atoms with van der Waals surface area (Å²) >= 11 is 0. The monoisotopic (exact) mass is 204 g/mol. The lowest BCUT2D eigenvalue weighted by Gasteiger charge is -2.29. The fraction of sp³-hybridized carbons (Fsp3) is 0.400. The van der Waals surface area contributed by atoms with Crippen LogP contribution in [0.15, 0.2) is 22.8 Å². The summed E-state index contributed by atoms with van der Waals surface area (Å²) in [6.45, 7) is 4.04. The maximum absolute atomic E-state index is 4.75. The van der Waals surface area contributed by atoms with Crippen LogP contribution in [-0.4, -0.2) is 36.5 Å². The van der Waals surface area contributed by atoms with E-state index in [0.29, 0.717) is 0 Å². The van der Waals surface area contributed by atoms with Crippen LogP contribution < -0.4 is 10.2 Å². The number of aromatic nitrogens is 2. The summed E-state index contributed by atoms with van der Waals surface area (Å²) in [7, 11) is 0. The van der Waals surface area contributed by atoms with Gasteiger partial charge >= 0.3 is 0 Å².